The van der Waals surface area contributed by atoms with E-state index in [1.165, 1.54) is 4.80 Å². The van der Waals surface area contributed by atoms with Gasteiger partial charge in [0.05, 0.1) is 17.5 Å². The summed E-state index contributed by atoms with van der Waals surface area (Å²) >= 11 is 0. The SMILES string of the molecule is Cn1ncc(CC2(O)CC(N)C2)n1. The Bertz CT molecular complexity index is 303. The zero-order valence-electron chi connectivity index (χ0n) is 7.64. The van der Waals surface area contributed by atoms with E-state index in [1.54, 1.807) is 13.2 Å². The average molecular weight is 182 g/mol. The molecule has 0 spiro atoms. The van der Waals surface area contributed by atoms with Gasteiger partial charge in [-0.05, 0) is 12.8 Å². The minimum absolute atomic E-state index is 0.154. The molecule has 0 unspecified atom stereocenters. The number of hydrogen-bond acceptors (Lipinski definition) is 4. The van der Waals surface area contributed by atoms with Crippen LogP contribution in [0.2, 0.25) is 0 Å². The lowest BCUT2D eigenvalue weighted by atomic mass is 9.73. The van der Waals surface area contributed by atoms with Crippen LogP contribution in [0.4, 0.5) is 0 Å². The molecule has 72 valence electrons. The van der Waals surface area contributed by atoms with Crippen molar-refractivity contribution < 1.29 is 5.11 Å². The lowest BCUT2D eigenvalue weighted by Gasteiger charge is -2.41. The molecule has 3 N–H and O–H groups in total. The summed E-state index contributed by atoms with van der Waals surface area (Å²) in [5, 5.41) is 17.9. The fourth-order valence-corrected chi connectivity index (χ4v) is 1.87. The Balaban J connectivity index is 1.99. The van der Waals surface area contributed by atoms with E-state index in [-0.39, 0.29) is 6.04 Å². The first kappa shape index (κ1) is 8.65. The van der Waals surface area contributed by atoms with Crippen LogP contribution in [0.15, 0.2) is 6.20 Å². The molecule has 0 saturated heterocycles. The summed E-state index contributed by atoms with van der Waals surface area (Å²) in [6.45, 7) is 0. The first-order valence-corrected chi connectivity index (χ1v) is 4.41. The van der Waals surface area contributed by atoms with Gasteiger partial charge >= 0.3 is 0 Å². The fraction of sp³-hybridized carbons (Fsp3) is 0.750. The van der Waals surface area contributed by atoms with Gasteiger partial charge in [-0.2, -0.15) is 15.0 Å². The second-order valence-corrected chi connectivity index (χ2v) is 3.89. The zero-order valence-corrected chi connectivity index (χ0v) is 7.64. The van der Waals surface area contributed by atoms with Gasteiger partial charge < -0.3 is 10.8 Å². The summed E-state index contributed by atoms with van der Waals surface area (Å²) in [6, 6.07) is 0.154. The Kier molecular flexibility index (Phi) is 1.85. The van der Waals surface area contributed by atoms with Crippen molar-refractivity contribution in [1.82, 2.24) is 15.0 Å². The highest BCUT2D eigenvalue weighted by Gasteiger charge is 2.41. The third kappa shape index (κ3) is 1.71. The van der Waals surface area contributed by atoms with Crippen LogP contribution in [-0.2, 0) is 13.5 Å². The van der Waals surface area contributed by atoms with Crippen molar-refractivity contribution in [3.8, 4) is 0 Å². The van der Waals surface area contributed by atoms with Gasteiger partial charge in [-0.15, -0.1) is 0 Å². The van der Waals surface area contributed by atoms with Gasteiger partial charge in [0, 0.05) is 19.5 Å². The average Bonchev–Trinajstić information content (AvgIpc) is 2.32. The lowest BCUT2D eigenvalue weighted by Crippen LogP contribution is -2.52. The molecular weight excluding hydrogens is 168 g/mol. The van der Waals surface area contributed by atoms with E-state index in [2.05, 4.69) is 10.2 Å². The van der Waals surface area contributed by atoms with Gasteiger partial charge in [0.15, 0.2) is 0 Å². The van der Waals surface area contributed by atoms with Gasteiger partial charge in [0.1, 0.15) is 0 Å². The van der Waals surface area contributed by atoms with Gasteiger partial charge in [0.25, 0.3) is 0 Å². The number of aliphatic hydroxyl groups is 1. The fourth-order valence-electron chi connectivity index (χ4n) is 1.87. The molecule has 0 amide bonds. The minimum Gasteiger partial charge on any atom is -0.389 e. The zero-order chi connectivity index (χ0) is 9.47. The molecule has 0 aliphatic heterocycles. The third-order valence-corrected chi connectivity index (χ3v) is 2.44. The number of hydrogen-bond donors (Lipinski definition) is 2. The molecule has 1 aromatic rings. The van der Waals surface area contributed by atoms with Crippen molar-refractivity contribution in [3.63, 3.8) is 0 Å². The Morgan fingerprint density at radius 2 is 2.46 bits per heavy atom. The highest BCUT2D eigenvalue weighted by atomic mass is 16.3. The topological polar surface area (TPSA) is 77.0 Å². The van der Waals surface area contributed by atoms with Crippen LogP contribution in [0.5, 0.6) is 0 Å². The van der Waals surface area contributed by atoms with Crippen LogP contribution < -0.4 is 5.73 Å². The van der Waals surface area contributed by atoms with Gasteiger partial charge in [-0.1, -0.05) is 0 Å². The van der Waals surface area contributed by atoms with Crippen molar-refractivity contribution in [1.29, 1.82) is 0 Å². The Hall–Kier alpha value is -0.940. The first-order chi connectivity index (χ1) is 6.07. The van der Waals surface area contributed by atoms with Crippen LogP contribution in [0.25, 0.3) is 0 Å². The normalized spacial score (nSPS) is 33.0. The molecule has 1 aliphatic rings. The summed E-state index contributed by atoms with van der Waals surface area (Å²) in [5.74, 6) is 0. The molecule has 1 fully saturated rings. The van der Waals surface area contributed by atoms with Gasteiger partial charge in [-0.25, -0.2) is 0 Å². The molecule has 5 nitrogen and oxygen atoms in total. The van der Waals surface area contributed by atoms with Gasteiger partial charge in [-0.3, -0.25) is 0 Å². The first-order valence-electron chi connectivity index (χ1n) is 4.41. The Morgan fingerprint density at radius 3 is 2.92 bits per heavy atom. The van der Waals surface area contributed by atoms with Crippen LogP contribution in [-0.4, -0.2) is 31.7 Å². The lowest BCUT2D eigenvalue weighted by molar-refractivity contribution is -0.0462. The molecule has 1 aliphatic carbocycles. The summed E-state index contributed by atoms with van der Waals surface area (Å²) in [6.07, 6.45) is 3.59. The molecule has 13 heavy (non-hydrogen) atoms. The second-order valence-electron chi connectivity index (χ2n) is 3.89. The predicted octanol–water partition coefficient (Wildman–Crippen LogP) is -0.790. The van der Waals surface area contributed by atoms with E-state index in [4.69, 9.17) is 5.73 Å². The summed E-state index contributed by atoms with van der Waals surface area (Å²) < 4.78 is 0. The van der Waals surface area contributed by atoms with Crippen LogP contribution in [0.3, 0.4) is 0 Å². The molecule has 0 atom stereocenters. The van der Waals surface area contributed by atoms with E-state index in [0.717, 1.165) is 5.69 Å². The molecule has 0 bridgehead atoms. The van der Waals surface area contributed by atoms with Crippen molar-refractivity contribution in [2.75, 3.05) is 0 Å². The van der Waals surface area contributed by atoms with Crippen molar-refractivity contribution >= 4 is 0 Å². The van der Waals surface area contributed by atoms with Crippen molar-refractivity contribution in [3.05, 3.63) is 11.9 Å². The molecule has 1 heterocycles. The summed E-state index contributed by atoms with van der Waals surface area (Å²) in [7, 11) is 1.76. The van der Waals surface area contributed by atoms with E-state index >= 15 is 0 Å². The van der Waals surface area contributed by atoms with Crippen LogP contribution >= 0.6 is 0 Å². The maximum absolute atomic E-state index is 9.89. The quantitative estimate of drug-likeness (QED) is 0.628. The Labute approximate surface area is 76.5 Å². The smallest absolute Gasteiger partial charge is 0.0855 e. The minimum atomic E-state index is -0.630. The highest BCUT2D eigenvalue weighted by molar-refractivity contribution is 5.06. The molecule has 1 saturated carbocycles. The number of rotatable bonds is 2. The number of nitrogens with zero attached hydrogens (tertiary/aromatic N) is 3. The van der Waals surface area contributed by atoms with Crippen LogP contribution in [0.1, 0.15) is 18.5 Å². The molecular formula is C8H14N4O. The third-order valence-electron chi connectivity index (χ3n) is 2.44. The van der Waals surface area contributed by atoms with Crippen LogP contribution in [0, 0.1) is 0 Å². The Morgan fingerprint density at radius 1 is 1.77 bits per heavy atom. The molecule has 2 rings (SSSR count). The summed E-state index contributed by atoms with van der Waals surface area (Å²) in [4.78, 5) is 1.50. The monoisotopic (exact) mass is 182 g/mol. The summed E-state index contributed by atoms with van der Waals surface area (Å²) in [5.41, 5.74) is 5.81. The standard InChI is InChI=1S/C8H14N4O/c1-12-10-5-7(11-12)4-8(13)2-6(9)3-8/h5-6,13H,2-4,9H2,1H3. The molecule has 0 aromatic carbocycles. The van der Waals surface area contributed by atoms with Crippen molar-refractivity contribution in [2.24, 2.45) is 12.8 Å². The van der Waals surface area contributed by atoms with E-state index < -0.39 is 5.60 Å². The maximum Gasteiger partial charge on any atom is 0.0855 e. The molecule has 0 radical (unpaired) electrons. The highest BCUT2D eigenvalue weighted by Crippen LogP contribution is 2.33. The predicted molar refractivity (Wildman–Crippen MR) is 46.9 cm³/mol. The van der Waals surface area contributed by atoms with E-state index in [1.807, 2.05) is 0 Å². The van der Waals surface area contributed by atoms with E-state index in [9.17, 15) is 5.11 Å². The number of aryl methyl sites for hydroxylation is 1. The second kappa shape index (κ2) is 2.78. The van der Waals surface area contributed by atoms with Gasteiger partial charge in [0.2, 0.25) is 0 Å². The molecule has 5 heteroatoms. The number of nitrogens with two attached hydrogens (primary N) is 1. The van der Waals surface area contributed by atoms with E-state index in [0.29, 0.717) is 19.3 Å². The number of aromatic nitrogens is 3. The molecule has 1 aromatic heterocycles. The van der Waals surface area contributed by atoms with Crippen molar-refractivity contribution in [2.45, 2.75) is 30.9 Å². The largest absolute Gasteiger partial charge is 0.389 e. The maximum atomic E-state index is 9.89.